The van der Waals surface area contributed by atoms with Gasteiger partial charge in [0.25, 0.3) is 5.91 Å². The van der Waals surface area contributed by atoms with Gasteiger partial charge in [-0.3, -0.25) is 4.79 Å². The summed E-state index contributed by atoms with van der Waals surface area (Å²) in [6, 6.07) is 15.8. The van der Waals surface area contributed by atoms with E-state index in [0.29, 0.717) is 17.1 Å². The molecule has 1 amide bonds. The lowest BCUT2D eigenvalue weighted by atomic mass is 10.0. The lowest BCUT2D eigenvalue weighted by molar-refractivity contribution is 0.0949. The predicted molar refractivity (Wildman–Crippen MR) is 123 cm³/mol. The summed E-state index contributed by atoms with van der Waals surface area (Å²) in [4.78, 5) is 15.3. The molecule has 0 aliphatic carbocycles. The number of carbonyl (C=O) groups is 1. The molecular formula is C24H27ClN4O2. The SMILES string of the molecule is CC(C)c1c(C(=O)NCc2ccc(N3CCOCC3)cc2)cnn1-c1cccc(Cl)c1. The Kier molecular flexibility index (Phi) is 6.59. The molecule has 7 heteroatoms. The molecule has 0 atom stereocenters. The molecule has 1 saturated heterocycles. The average molecular weight is 439 g/mol. The van der Waals surface area contributed by atoms with Gasteiger partial charge in [0.1, 0.15) is 0 Å². The quantitative estimate of drug-likeness (QED) is 0.619. The van der Waals surface area contributed by atoms with Crippen molar-refractivity contribution in [3.8, 4) is 5.69 Å². The van der Waals surface area contributed by atoms with Gasteiger partial charge in [0.05, 0.1) is 36.4 Å². The first kappa shape index (κ1) is 21.4. The maximum Gasteiger partial charge on any atom is 0.255 e. The van der Waals surface area contributed by atoms with Crippen LogP contribution >= 0.6 is 11.6 Å². The Morgan fingerprint density at radius 1 is 1.13 bits per heavy atom. The van der Waals surface area contributed by atoms with Crippen molar-refractivity contribution in [3.63, 3.8) is 0 Å². The number of nitrogens with zero attached hydrogens (tertiary/aromatic N) is 3. The Labute approximate surface area is 187 Å². The van der Waals surface area contributed by atoms with E-state index in [9.17, 15) is 4.79 Å². The molecule has 1 N–H and O–H groups in total. The number of hydrogen-bond acceptors (Lipinski definition) is 4. The molecule has 0 spiro atoms. The molecule has 162 valence electrons. The number of carbonyl (C=O) groups excluding carboxylic acids is 1. The minimum absolute atomic E-state index is 0.120. The summed E-state index contributed by atoms with van der Waals surface area (Å²) < 4.78 is 7.21. The van der Waals surface area contributed by atoms with Crippen LogP contribution < -0.4 is 10.2 Å². The molecule has 0 radical (unpaired) electrons. The maximum atomic E-state index is 13.0. The molecule has 0 bridgehead atoms. The van der Waals surface area contributed by atoms with Crippen molar-refractivity contribution in [2.24, 2.45) is 0 Å². The molecule has 2 aromatic carbocycles. The largest absolute Gasteiger partial charge is 0.378 e. The van der Waals surface area contributed by atoms with Gasteiger partial charge in [0.15, 0.2) is 0 Å². The second kappa shape index (κ2) is 9.54. The molecule has 1 aliphatic rings. The summed E-state index contributed by atoms with van der Waals surface area (Å²) in [6.07, 6.45) is 1.63. The minimum atomic E-state index is -0.130. The second-order valence-corrected chi connectivity index (χ2v) is 8.37. The number of hydrogen-bond donors (Lipinski definition) is 1. The van der Waals surface area contributed by atoms with Crippen LogP contribution in [-0.2, 0) is 11.3 Å². The first-order chi connectivity index (χ1) is 15.0. The van der Waals surface area contributed by atoms with Gasteiger partial charge in [0, 0.05) is 30.3 Å². The average Bonchev–Trinajstić information content (AvgIpc) is 3.24. The van der Waals surface area contributed by atoms with Gasteiger partial charge < -0.3 is 15.0 Å². The highest BCUT2D eigenvalue weighted by atomic mass is 35.5. The summed E-state index contributed by atoms with van der Waals surface area (Å²) in [5, 5.41) is 8.14. The third kappa shape index (κ3) is 4.92. The van der Waals surface area contributed by atoms with E-state index in [4.69, 9.17) is 16.3 Å². The first-order valence-electron chi connectivity index (χ1n) is 10.6. The third-order valence-corrected chi connectivity index (χ3v) is 5.65. The summed E-state index contributed by atoms with van der Waals surface area (Å²) in [5.41, 5.74) is 4.53. The zero-order valence-corrected chi connectivity index (χ0v) is 18.6. The lowest BCUT2D eigenvalue weighted by Gasteiger charge is -2.28. The van der Waals surface area contributed by atoms with Crippen LogP contribution in [0.25, 0.3) is 5.69 Å². The standard InChI is InChI=1S/C24H27ClN4O2/c1-17(2)23-22(16-27-29(23)21-5-3-4-19(25)14-21)24(30)26-15-18-6-8-20(9-7-18)28-10-12-31-13-11-28/h3-9,14,16-17H,10-13,15H2,1-2H3,(H,26,30). The van der Waals surface area contributed by atoms with Crippen LogP contribution in [0.15, 0.2) is 54.7 Å². The fourth-order valence-electron chi connectivity index (χ4n) is 3.83. The Morgan fingerprint density at radius 2 is 1.87 bits per heavy atom. The zero-order chi connectivity index (χ0) is 21.8. The predicted octanol–water partition coefficient (Wildman–Crippen LogP) is 4.42. The van der Waals surface area contributed by atoms with Crippen molar-refractivity contribution >= 4 is 23.2 Å². The van der Waals surface area contributed by atoms with E-state index in [2.05, 4.69) is 53.4 Å². The molecule has 31 heavy (non-hydrogen) atoms. The number of rotatable bonds is 6. The number of ether oxygens (including phenoxy) is 1. The normalized spacial score (nSPS) is 14.1. The first-order valence-corrected chi connectivity index (χ1v) is 10.9. The lowest BCUT2D eigenvalue weighted by Crippen LogP contribution is -2.36. The molecule has 0 saturated carbocycles. The monoisotopic (exact) mass is 438 g/mol. The van der Waals surface area contributed by atoms with Crippen LogP contribution in [0.5, 0.6) is 0 Å². The van der Waals surface area contributed by atoms with Gasteiger partial charge in [-0.1, -0.05) is 43.6 Å². The molecule has 0 unspecified atom stereocenters. The van der Waals surface area contributed by atoms with Crippen molar-refractivity contribution < 1.29 is 9.53 Å². The maximum absolute atomic E-state index is 13.0. The Balaban J connectivity index is 1.46. The van der Waals surface area contributed by atoms with Gasteiger partial charge in [-0.2, -0.15) is 5.10 Å². The van der Waals surface area contributed by atoms with Crippen LogP contribution in [0.4, 0.5) is 5.69 Å². The Morgan fingerprint density at radius 3 is 2.55 bits per heavy atom. The van der Waals surface area contributed by atoms with E-state index in [0.717, 1.165) is 43.2 Å². The van der Waals surface area contributed by atoms with Crippen LogP contribution in [0.1, 0.15) is 41.4 Å². The number of nitrogens with one attached hydrogen (secondary N) is 1. The molecule has 6 nitrogen and oxygen atoms in total. The second-order valence-electron chi connectivity index (χ2n) is 7.94. The molecule has 2 heterocycles. The van der Waals surface area contributed by atoms with E-state index in [-0.39, 0.29) is 11.8 Å². The smallest absolute Gasteiger partial charge is 0.255 e. The third-order valence-electron chi connectivity index (χ3n) is 5.42. The number of morpholine rings is 1. The molecule has 3 aromatic rings. The van der Waals surface area contributed by atoms with Gasteiger partial charge in [-0.05, 0) is 41.8 Å². The summed E-state index contributed by atoms with van der Waals surface area (Å²) in [6.45, 7) is 7.91. The topological polar surface area (TPSA) is 59.4 Å². The zero-order valence-electron chi connectivity index (χ0n) is 17.8. The van der Waals surface area contributed by atoms with Gasteiger partial charge in [-0.25, -0.2) is 4.68 Å². The van der Waals surface area contributed by atoms with Crippen LogP contribution in [0.3, 0.4) is 0 Å². The van der Waals surface area contributed by atoms with Crippen molar-refractivity contribution in [3.05, 3.63) is 76.6 Å². The van der Waals surface area contributed by atoms with Gasteiger partial charge >= 0.3 is 0 Å². The van der Waals surface area contributed by atoms with E-state index in [1.807, 2.05) is 24.3 Å². The van der Waals surface area contributed by atoms with Gasteiger partial charge in [0.2, 0.25) is 0 Å². The fraction of sp³-hybridized carbons (Fsp3) is 0.333. The number of aromatic nitrogens is 2. The summed E-state index contributed by atoms with van der Waals surface area (Å²) >= 11 is 6.14. The molecule has 1 fully saturated rings. The van der Waals surface area contributed by atoms with Crippen molar-refractivity contribution in [1.29, 1.82) is 0 Å². The van der Waals surface area contributed by atoms with Crippen LogP contribution in [-0.4, -0.2) is 42.0 Å². The Bertz CT molecular complexity index is 1040. The number of anilines is 1. The highest BCUT2D eigenvalue weighted by Gasteiger charge is 2.21. The van der Waals surface area contributed by atoms with E-state index in [1.165, 1.54) is 5.69 Å². The van der Waals surface area contributed by atoms with E-state index >= 15 is 0 Å². The van der Waals surface area contributed by atoms with E-state index in [1.54, 1.807) is 10.9 Å². The van der Waals surface area contributed by atoms with Crippen molar-refractivity contribution in [1.82, 2.24) is 15.1 Å². The van der Waals surface area contributed by atoms with E-state index < -0.39 is 0 Å². The summed E-state index contributed by atoms with van der Waals surface area (Å²) in [5.74, 6) is -0.00993. The highest BCUT2D eigenvalue weighted by molar-refractivity contribution is 6.30. The number of halogens is 1. The highest BCUT2D eigenvalue weighted by Crippen LogP contribution is 2.24. The number of benzene rings is 2. The molecular weight excluding hydrogens is 412 g/mol. The molecule has 1 aromatic heterocycles. The fourth-order valence-corrected chi connectivity index (χ4v) is 4.01. The van der Waals surface area contributed by atoms with Crippen LogP contribution in [0, 0.1) is 0 Å². The van der Waals surface area contributed by atoms with Crippen molar-refractivity contribution in [2.75, 3.05) is 31.2 Å². The molecule has 1 aliphatic heterocycles. The minimum Gasteiger partial charge on any atom is -0.378 e. The summed E-state index contributed by atoms with van der Waals surface area (Å²) in [7, 11) is 0. The van der Waals surface area contributed by atoms with Gasteiger partial charge in [-0.15, -0.1) is 0 Å². The Hall–Kier alpha value is -2.83. The van der Waals surface area contributed by atoms with Crippen LogP contribution in [0.2, 0.25) is 5.02 Å². The molecule has 4 rings (SSSR count). The van der Waals surface area contributed by atoms with Crippen molar-refractivity contribution in [2.45, 2.75) is 26.3 Å². The number of amides is 1.